The number of hydrogen-bond acceptors (Lipinski definition) is 6. The number of aryl methyl sites for hydroxylation is 1. The monoisotopic (exact) mass is 348 g/mol. The lowest BCUT2D eigenvalue weighted by Gasteiger charge is -2.05. The highest BCUT2D eigenvalue weighted by Gasteiger charge is 2.10. The van der Waals surface area contributed by atoms with Crippen LogP contribution < -0.4 is 10.6 Å². The van der Waals surface area contributed by atoms with Gasteiger partial charge in [-0.25, -0.2) is 0 Å². The summed E-state index contributed by atoms with van der Waals surface area (Å²) < 4.78 is 5.23. The summed E-state index contributed by atoms with van der Waals surface area (Å²) in [4.78, 5) is 23.8. The van der Waals surface area contributed by atoms with E-state index < -0.39 is 0 Å². The third kappa shape index (κ3) is 5.71. The van der Waals surface area contributed by atoms with Crippen molar-refractivity contribution in [2.24, 2.45) is 0 Å². The molecule has 128 valence electrons. The van der Waals surface area contributed by atoms with Crippen molar-refractivity contribution in [1.82, 2.24) is 15.5 Å². The van der Waals surface area contributed by atoms with Gasteiger partial charge in [-0.05, 0) is 26.0 Å². The number of nitrogens with one attached hydrogen (secondary N) is 2. The summed E-state index contributed by atoms with van der Waals surface area (Å²) in [5.41, 5.74) is 1.60. The average Bonchev–Trinajstić information content (AvgIpc) is 3.00. The van der Waals surface area contributed by atoms with Crippen LogP contribution in [0.5, 0.6) is 0 Å². The molecule has 0 fully saturated rings. The maximum Gasteiger partial charge on any atom is 0.251 e. The Hall–Kier alpha value is -2.32. The first-order valence-electron chi connectivity index (χ1n) is 7.63. The molecule has 1 heterocycles. The van der Waals surface area contributed by atoms with Crippen molar-refractivity contribution in [3.05, 3.63) is 40.4 Å². The largest absolute Gasteiger partial charge is 0.374 e. The molecular formula is C16H20N4O3S. The zero-order valence-corrected chi connectivity index (χ0v) is 14.5. The van der Waals surface area contributed by atoms with Crippen molar-refractivity contribution in [2.45, 2.75) is 26.9 Å². The molecule has 2 N–H and O–H groups in total. The zero-order chi connectivity index (χ0) is 17.4. The molecule has 2 rings (SSSR count). The second-order valence-corrected chi connectivity index (χ2v) is 6.12. The average molecular weight is 348 g/mol. The van der Waals surface area contributed by atoms with Crippen LogP contribution in [0.4, 0.5) is 5.13 Å². The molecule has 2 aromatic rings. The van der Waals surface area contributed by atoms with Crippen LogP contribution in [0.15, 0.2) is 24.3 Å². The van der Waals surface area contributed by atoms with Crippen molar-refractivity contribution < 1.29 is 14.3 Å². The lowest BCUT2D eigenvalue weighted by molar-refractivity contribution is -0.116. The Bertz CT molecular complexity index is 702. The normalized spacial score (nSPS) is 10.4. The van der Waals surface area contributed by atoms with Gasteiger partial charge in [-0.1, -0.05) is 29.0 Å². The molecule has 24 heavy (non-hydrogen) atoms. The molecule has 0 atom stereocenters. The van der Waals surface area contributed by atoms with E-state index in [0.717, 1.165) is 5.56 Å². The van der Waals surface area contributed by atoms with E-state index in [9.17, 15) is 9.59 Å². The van der Waals surface area contributed by atoms with E-state index in [1.807, 2.05) is 26.0 Å². The molecule has 2 amide bonds. The number of rotatable bonds is 8. The van der Waals surface area contributed by atoms with Gasteiger partial charge < -0.3 is 15.4 Å². The number of ether oxygens (including phenoxy) is 1. The number of nitrogens with zero attached hydrogens (tertiary/aromatic N) is 2. The summed E-state index contributed by atoms with van der Waals surface area (Å²) >= 11 is 1.27. The van der Waals surface area contributed by atoms with Crippen molar-refractivity contribution in [2.75, 3.05) is 18.5 Å². The molecule has 1 aromatic heterocycles. The summed E-state index contributed by atoms with van der Waals surface area (Å²) in [6.07, 6.45) is 0.165. The topological polar surface area (TPSA) is 93.2 Å². The molecule has 1 aromatic carbocycles. The fourth-order valence-corrected chi connectivity index (χ4v) is 2.61. The molecule has 0 bridgehead atoms. The number of carbonyl (C=O) groups is 2. The van der Waals surface area contributed by atoms with E-state index in [4.69, 9.17) is 4.74 Å². The van der Waals surface area contributed by atoms with E-state index >= 15 is 0 Å². The van der Waals surface area contributed by atoms with Gasteiger partial charge in [0.15, 0.2) is 0 Å². The summed E-state index contributed by atoms with van der Waals surface area (Å²) in [6.45, 7) is 5.06. The second kappa shape index (κ2) is 9.09. The number of carbonyl (C=O) groups excluding carboxylic acids is 2. The highest BCUT2D eigenvalue weighted by Crippen LogP contribution is 2.16. The minimum atomic E-state index is -0.223. The van der Waals surface area contributed by atoms with Gasteiger partial charge in [-0.15, -0.1) is 10.2 Å². The number of benzene rings is 1. The molecular weight excluding hydrogens is 328 g/mol. The fraction of sp³-hybridized carbons (Fsp3) is 0.375. The first-order chi connectivity index (χ1) is 11.6. The second-order valence-electron chi connectivity index (χ2n) is 5.06. The molecule has 0 saturated heterocycles. The first-order valence-corrected chi connectivity index (χ1v) is 8.45. The molecule has 0 spiro atoms. The Morgan fingerprint density at radius 1 is 1.29 bits per heavy atom. The van der Waals surface area contributed by atoms with Crippen LogP contribution in [0.25, 0.3) is 0 Å². The molecule has 0 radical (unpaired) electrons. The van der Waals surface area contributed by atoms with Gasteiger partial charge in [0.05, 0.1) is 0 Å². The maximum atomic E-state index is 12.0. The predicted molar refractivity (Wildman–Crippen MR) is 92.0 cm³/mol. The number of anilines is 1. The SMILES string of the molecule is CCOCc1nnc(NC(=O)CCNC(=O)c2cccc(C)c2)s1. The van der Waals surface area contributed by atoms with Crippen molar-refractivity contribution in [1.29, 1.82) is 0 Å². The van der Waals surface area contributed by atoms with Crippen LogP contribution >= 0.6 is 11.3 Å². The predicted octanol–water partition coefficient (Wildman–Crippen LogP) is 2.14. The summed E-state index contributed by atoms with van der Waals surface area (Å²) in [6, 6.07) is 7.29. The van der Waals surface area contributed by atoms with Crippen LogP contribution in [0.3, 0.4) is 0 Å². The van der Waals surface area contributed by atoms with Gasteiger partial charge in [0.25, 0.3) is 5.91 Å². The molecule has 0 saturated carbocycles. The molecule has 0 aliphatic carbocycles. The van der Waals surface area contributed by atoms with E-state index in [2.05, 4.69) is 20.8 Å². The van der Waals surface area contributed by atoms with Crippen molar-refractivity contribution in [3.63, 3.8) is 0 Å². The van der Waals surface area contributed by atoms with E-state index in [1.54, 1.807) is 12.1 Å². The highest BCUT2D eigenvalue weighted by atomic mass is 32.1. The summed E-state index contributed by atoms with van der Waals surface area (Å²) in [7, 11) is 0. The summed E-state index contributed by atoms with van der Waals surface area (Å²) in [5, 5.41) is 14.3. The molecule has 0 unspecified atom stereocenters. The Morgan fingerprint density at radius 2 is 2.12 bits per heavy atom. The first kappa shape index (κ1) is 18.0. The highest BCUT2D eigenvalue weighted by molar-refractivity contribution is 7.15. The van der Waals surface area contributed by atoms with Crippen LogP contribution in [0.2, 0.25) is 0 Å². The Kier molecular flexibility index (Phi) is 6.83. The minimum Gasteiger partial charge on any atom is -0.374 e. The van der Waals surface area contributed by atoms with Gasteiger partial charge in [0.2, 0.25) is 11.0 Å². The number of amides is 2. The lowest BCUT2D eigenvalue weighted by Crippen LogP contribution is -2.27. The Balaban J connectivity index is 1.73. The van der Waals surface area contributed by atoms with Gasteiger partial charge in [-0.2, -0.15) is 0 Å². The zero-order valence-electron chi connectivity index (χ0n) is 13.7. The Labute approximate surface area is 144 Å². The minimum absolute atomic E-state index is 0.165. The standard InChI is InChI=1S/C16H20N4O3S/c1-3-23-10-14-19-20-16(24-14)18-13(21)7-8-17-15(22)12-6-4-5-11(2)9-12/h4-6,9H,3,7-8,10H2,1-2H3,(H,17,22)(H,18,20,21). The van der Waals surface area contributed by atoms with Crippen LogP contribution in [-0.2, 0) is 16.1 Å². The van der Waals surface area contributed by atoms with Crippen molar-refractivity contribution >= 4 is 28.3 Å². The maximum absolute atomic E-state index is 12.0. The van der Waals surface area contributed by atoms with Crippen LogP contribution in [-0.4, -0.2) is 35.2 Å². The Morgan fingerprint density at radius 3 is 2.88 bits per heavy atom. The van der Waals surface area contributed by atoms with Gasteiger partial charge >= 0.3 is 0 Å². The number of aromatic nitrogens is 2. The molecule has 7 nitrogen and oxygen atoms in total. The number of hydrogen-bond donors (Lipinski definition) is 2. The van der Waals surface area contributed by atoms with Gasteiger partial charge in [-0.3, -0.25) is 9.59 Å². The van der Waals surface area contributed by atoms with E-state index in [-0.39, 0.29) is 24.8 Å². The van der Waals surface area contributed by atoms with Crippen molar-refractivity contribution in [3.8, 4) is 0 Å². The third-order valence-electron chi connectivity index (χ3n) is 3.06. The molecule has 0 aliphatic rings. The van der Waals surface area contributed by atoms with Gasteiger partial charge in [0, 0.05) is 25.1 Å². The lowest BCUT2D eigenvalue weighted by atomic mass is 10.1. The molecule has 8 heteroatoms. The molecule has 0 aliphatic heterocycles. The van der Waals surface area contributed by atoms with E-state index in [1.165, 1.54) is 11.3 Å². The fourth-order valence-electron chi connectivity index (χ4n) is 1.91. The van der Waals surface area contributed by atoms with Crippen LogP contribution in [0.1, 0.15) is 34.3 Å². The summed E-state index contributed by atoms with van der Waals surface area (Å²) in [5.74, 6) is -0.417. The quantitative estimate of drug-likeness (QED) is 0.762. The van der Waals surface area contributed by atoms with Crippen LogP contribution in [0, 0.1) is 6.92 Å². The third-order valence-corrected chi connectivity index (χ3v) is 3.87. The van der Waals surface area contributed by atoms with Gasteiger partial charge in [0.1, 0.15) is 11.6 Å². The smallest absolute Gasteiger partial charge is 0.251 e. The van der Waals surface area contributed by atoms with E-state index in [0.29, 0.717) is 28.9 Å².